The van der Waals surface area contributed by atoms with E-state index in [0.717, 1.165) is 16.6 Å². The Kier molecular flexibility index (Phi) is 3.01. The molecular weight excluding hydrogens is 276 g/mol. The predicted molar refractivity (Wildman–Crippen MR) is 76.9 cm³/mol. The van der Waals surface area contributed by atoms with Gasteiger partial charge in [-0.1, -0.05) is 37.5 Å². The maximum absolute atomic E-state index is 6.22. The molecule has 0 saturated heterocycles. The molecule has 0 radical (unpaired) electrons. The molecule has 0 saturated carbocycles. The van der Waals surface area contributed by atoms with Crippen molar-refractivity contribution < 1.29 is 4.52 Å². The monoisotopic (exact) mass is 290 g/mol. The first-order chi connectivity index (χ1) is 9.45. The highest BCUT2D eigenvalue weighted by atomic mass is 35.5. The number of hydrogen-bond acceptors (Lipinski definition) is 4. The molecule has 0 atom stereocenters. The summed E-state index contributed by atoms with van der Waals surface area (Å²) in [5.74, 6) is 1.28. The minimum absolute atomic E-state index is 0.124. The normalized spacial score (nSPS) is 12.2. The van der Waals surface area contributed by atoms with Gasteiger partial charge in [-0.25, -0.2) is 4.98 Å². The van der Waals surface area contributed by atoms with E-state index in [9.17, 15) is 0 Å². The second kappa shape index (κ2) is 4.59. The van der Waals surface area contributed by atoms with Crippen molar-refractivity contribution >= 4 is 22.6 Å². The van der Waals surface area contributed by atoms with E-state index in [0.29, 0.717) is 23.2 Å². The zero-order valence-electron chi connectivity index (χ0n) is 11.6. The largest absolute Gasteiger partial charge is 0.346 e. The Labute approximate surface area is 121 Å². The fourth-order valence-corrected chi connectivity index (χ4v) is 2.28. The fraction of sp³-hybridized carbons (Fsp3) is 0.357. The van der Waals surface area contributed by atoms with Gasteiger partial charge in [-0.2, -0.15) is 4.98 Å². The molecule has 1 N–H and O–H groups in total. The number of aromatic amines is 1. The molecule has 0 bridgehead atoms. The second-order valence-electron chi connectivity index (χ2n) is 5.77. The highest BCUT2D eigenvalue weighted by Gasteiger charge is 2.21. The standard InChI is InChI=1S/C14H15ClN4O/c1-14(2,3)13-18-10(20-19-13)6-8-7-17-12-11(8)9(15)4-5-16-12/h4-5,7H,6H2,1-3H3,(H,16,17). The third-order valence-electron chi connectivity index (χ3n) is 3.08. The predicted octanol–water partition coefficient (Wildman–Crippen LogP) is 3.49. The van der Waals surface area contributed by atoms with Crippen molar-refractivity contribution in [3.8, 4) is 0 Å². The highest BCUT2D eigenvalue weighted by Crippen LogP contribution is 2.27. The Hall–Kier alpha value is -1.88. The molecule has 0 unspecified atom stereocenters. The van der Waals surface area contributed by atoms with E-state index in [1.165, 1.54) is 0 Å². The maximum Gasteiger partial charge on any atom is 0.231 e. The smallest absolute Gasteiger partial charge is 0.231 e. The van der Waals surface area contributed by atoms with Crippen molar-refractivity contribution in [2.45, 2.75) is 32.6 Å². The first-order valence-electron chi connectivity index (χ1n) is 6.38. The zero-order valence-corrected chi connectivity index (χ0v) is 12.3. The summed E-state index contributed by atoms with van der Waals surface area (Å²) in [6.07, 6.45) is 4.09. The van der Waals surface area contributed by atoms with Crippen LogP contribution in [0.2, 0.25) is 5.02 Å². The van der Waals surface area contributed by atoms with Crippen LogP contribution in [0.3, 0.4) is 0 Å². The topological polar surface area (TPSA) is 67.6 Å². The number of H-pyrrole nitrogens is 1. The van der Waals surface area contributed by atoms with Gasteiger partial charge >= 0.3 is 0 Å². The molecule has 0 amide bonds. The molecule has 0 aliphatic rings. The van der Waals surface area contributed by atoms with Crippen LogP contribution in [0.4, 0.5) is 0 Å². The van der Waals surface area contributed by atoms with Gasteiger partial charge in [0.15, 0.2) is 5.82 Å². The first kappa shape index (κ1) is 13.1. The summed E-state index contributed by atoms with van der Waals surface area (Å²) < 4.78 is 5.31. The van der Waals surface area contributed by atoms with E-state index in [4.69, 9.17) is 16.1 Å². The van der Waals surface area contributed by atoms with Crippen LogP contribution in [-0.4, -0.2) is 20.1 Å². The van der Waals surface area contributed by atoms with Crippen LogP contribution < -0.4 is 0 Å². The van der Waals surface area contributed by atoms with Crippen LogP contribution >= 0.6 is 11.6 Å². The quantitative estimate of drug-likeness (QED) is 0.784. The fourth-order valence-electron chi connectivity index (χ4n) is 2.01. The van der Waals surface area contributed by atoms with Crippen molar-refractivity contribution in [2.24, 2.45) is 0 Å². The zero-order chi connectivity index (χ0) is 14.3. The molecule has 3 aromatic heterocycles. The van der Waals surface area contributed by atoms with E-state index in [1.54, 1.807) is 12.3 Å². The average Bonchev–Trinajstić information content (AvgIpc) is 2.97. The Morgan fingerprint density at radius 2 is 2.15 bits per heavy atom. The Balaban J connectivity index is 1.96. The summed E-state index contributed by atoms with van der Waals surface area (Å²) in [5, 5.41) is 5.60. The third kappa shape index (κ3) is 2.29. The summed E-state index contributed by atoms with van der Waals surface area (Å²) in [6.45, 7) is 6.15. The number of halogens is 1. The average molecular weight is 291 g/mol. The van der Waals surface area contributed by atoms with Crippen LogP contribution in [0, 0.1) is 0 Å². The lowest BCUT2D eigenvalue weighted by Crippen LogP contribution is -2.13. The molecule has 0 aliphatic carbocycles. The van der Waals surface area contributed by atoms with E-state index in [2.05, 4.69) is 20.1 Å². The molecule has 104 valence electrons. The third-order valence-corrected chi connectivity index (χ3v) is 3.40. The molecule has 0 fully saturated rings. The van der Waals surface area contributed by atoms with Gasteiger partial charge in [0.2, 0.25) is 5.89 Å². The number of nitrogens with one attached hydrogen (secondary N) is 1. The van der Waals surface area contributed by atoms with Gasteiger partial charge in [-0.05, 0) is 11.6 Å². The number of nitrogens with zero attached hydrogens (tertiary/aromatic N) is 3. The summed E-state index contributed by atoms with van der Waals surface area (Å²) in [5.41, 5.74) is 1.64. The number of pyridine rings is 1. The maximum atomic E-state index is 6.22. The molecule has 6 heteroatoms. The number of aromatic nitrogens is 4. The number of rotatable bonds is 2. The summed E-state index contributed by atoms with van der Waals surface area (Å²) in [4.78, 5) is 11.8. The molecule has 3 aromatic rings. The molecule has 3 heterocycles. The number of fused-ring (bicyclic) bond motifs is 1. The van der Waals surface area contributed by atoms with Gasteiger partial charge in [-0.3, -0.25) is 0 Å². The molecule has 0 spiro atoms. The van der Waals surface area contributed by atoms with Crippen molar-refractivity contribution in [1.82, 2.24) is 20.1 Å². The van der Waals surface area contributed by atoms with Gasteiger partial charge in [0.25, 0.3) is 0 Å². The molecule has 20 heavy (non-hydrogen) atoms. The summed E-state index contributed by atoms with van der Waals surface area (Å²) >= 11 is 6.22. The van der Waals surface area contributed by atoms with Crippen molar-refractivity contribution in [2.75, 3.05) is 0 Å². The van der Waals surface area contributed by atoms with Gasteiger partial charge < -0.3 is 9.51 Å². The van der Waals surface area contributed by atoms with Crippen molar-refractivity contribution in [3.63, 3.8) is 0 Å². The van der Waals surface area contributed by atoms with E-state index in [-0.39, 0.29) is 5.41 Å². The Morgan fingerprint density at radius 1 is 1.35 bits per heavy atom. The molecule has 3 rings (SSSR count). The first-order valence-corrected chi connectivity index (χ1v) is 6.76. The summed E-state index contributed by atoms with van der Waals surface area (Å²) in [6, 6.07) is 1.77. The van der Waals surface area contributed by atoms with Crippen LogP contribution in [0.5, 0.6) is 0 Å². The highest BCUT2D eigenvalue weighted by molar-refractivity contribution is 6.35. The van der Waals surface area contributed by atoms with Crippen molar-refractivity contribution in [1.29, 1.82) is 0 Å². The van der Waals surface area contributed by atoms with Crippen LogP contribution in [0.15, 0.2) is 23.0 Å². The van der Waals surface area contributed by atoms with Crippen LogP contribution in [0.1, 0.15) is 38.0 Å². The number of hydrogen-bond donors (Lipinski definition) is 1. The van der Waals surface area contributed by atoms with Gasteiger partial charge in [0, 0.05) is 23.2 Å². The van der Waals surface area contributed by atoms with E-state index in [1.807, 2.05) is 27.0 Å². The van der Waals surface area contributed by atoms with E-state index >= 15 is 0 Å². The lowest BCUT2D eigenvalue weighted by molar-refractivity contribution is 0.368. The van der Waals surface area contributed by atoms with Gasteiger partial charge in [-0.15, -0.1) is 0 Å². The molecule has 0 aliphatic heterocycles. The SMILES string of the molecule is CC(C)(C)c1noc(Cc2c[nH]c3nccc(Cl)c23)n1. The Morgan fingerprint density at radius 3 is 2.85 bits per heavy atom. The lowest BCUT2D eigenvalue weighted by Gasteiger charge is -2.10. The van der Waals surface area contributed by atoms with Crippen molar-refractivity contribution in [3.05, 3.63) is 40.8 Å². The Bertz CT molecular complexity index is 754. The summed E-state index contributed by atoms with van der Waals surface area (Å²) in [7, 11) is 0. The van der Waals surface area contributed by atoms with Gasteiger partial charge in [0.05, 0.1) is 11.4 Å². The molecular formula is C14H15ClN4O. The molecule has 0 aromatic carbocycles. The van der Waals surface area contributed by atoms with Gasteiger partial charge in [0.1, 0.15) is 5.65 Å². The minimum Gasteiger partial charge on any atom is -0.346 e. The molecule has 5 nitrogen and oxygen atoms in total. The van der Waals surface area contributed by atoms with E-state index < -0.39 is 0 Å². The second-order valence-corrected chi connectivity index (χ2v) is 6.18. The lowest BCUT2D eigenvalue weighted by atomic mass is 9.96. The van der Waals surface area contributed by atoms with Crippen LogP contribution in [0.25, 0.3) is 11.0 Å². The van der Waals surface area contributed by atoms with Crippen LogP contribution in [-0.2, 0) is 11.8 Å². The minimum atomic E-state index is -0.124.